The van der Waals surface area contributed by atoms with Crippen LogP contribution in [0.3, 0.4) is 0 Å². The number of hydrogen-bond acceptors (Lipinski definition) is 5. The Bertz CT molecular complexity index is 1000. The lowest BCUT2D eigenvalue weighted by atomic mass is 10.0. The molecule has 3 rings (SSSR count). The van der Waals surface area contributed by atoms with Crippen molar-refractivity contribution in [1.29, 1.82) is 0 Å². The van der Waals surface area contributed by atoms with Crippen molar-refractivity contribution in [2.45, 2.75) is 32.9 Å². The number of hydrogen-bond donors (Lipinski definition) is 2. The molecule has 1 aromatic carbocycles. The van der Waals surface area contributed by atoms with Crippen LogP contribution in [0.2, 0.25) is 0 Å². The van der Waals surface area contributed by atoms with E-state index in [2.05, 4.69) is 28.0 Å². The van der Waals surface area contributed by atoms with Crippen LogP contribution < -0.4 is 5.73 Å². The van der Waals surface area contributed by atoms with E-state index in [1.54, 1.807) is 30.8 Å². The molecule has 7 nitrogen and oxygen atoms in total. The van der Waals surface area contributed by atoms with E-state index in [9.17, 15) is 9.90 Å². The second-order valence-electron chi connectivity index (χ2n) is 7.79. The first kappa shape index (κ1) is 20.0. The lowest BCUT2D eigenvalue weighted by molar-refractivity contribution is 0.0353. The van der Waals surface area contributed by atoms with Gasteiger partial charge < -0.3 is 10.8 Å². The number of carbonyl (C=O) groups is 1. The third kappa shape index (κ3) is 4.55. The van der Waals surface area contributed by atoms with Crippen LogP contribution in [0, 0.1) is 0 Å². The maximum atomic E-state index is 11.8. The van der Waals surface area contributed by atoms with Gasteiger partial charge in [0.25, 0.3) is 5.91 Å². The van der Waals surface area contributed by atoms with Crippen LogP contribution in [-0.2, 0) is 13.6 Å². The maximum absolute atomic E-state index is 11.8. The summed E-state index contributed by atoms with van der Waals surface area (Å²) in [4.78, 5) is 18.4. The van der Waals surface area contributed by atoms with Crippen molar-refractivity contribution >= 4 is 16.8 Å². The van der Waals surface area contributed by atoms with Crippen LogP contribution in [0.5, 0.6) is 0 Å². The number of carbonyl (C=O) groups excluding carboxylic acids is 1. The molecular formula is C21H27N5O2. The van der Waals surface area contributed by atoms with E-state index in [0.29, 0.717) is 18.6 Å². The van der Waals surface area contributed by atoms with Gasteiger partial charge in [-0.05, 0) is 43.7 Å². The molecule has 1 amide bonds. The topological polar surface area (TPSA) is 97.3 Å². The van der Waals surface area contributed by atoms with Crippen molar-refractivity contribution < 1.29 is 9.90 Å². The fourth-order valence-corrected chi connectivity index (χ4v) is 3.38. The van der Waals surface area contributed by atoms with E-state index in [1.165, 1.54) is 0 Å². The van der Waals surface area contributed by atoms with E-state index in [-0.39, 0.29) is 5.69 Å². The van der Waals surface area contributed by atoms with E-state index in [4.69, 9.17) is 5.73 Å². The van der Waals surface area contributed by atoms with Crippen LogP contribution in [0.15, 0.2) is 36.7 Å². The fraction of sp³-hybridized carbons (Fsp3) is 0.381. The zero-order valence-corrected chi connectivity index (χ0v) is 16.8. The van der Waals surface area contributed by atoms with Gasteiger partial charge in [-0.1, -0.05) is 19.1 Å². The summed E-state index contributed by atoms with van der Waals surface area (Å²) in [5.41, 5.74) is 8.53. The molecular weight excluding hydrogens is 354 g/mol. The Hall–Kier alpha value is -2.77. The third-order valence-electron chi connectivity index (χ3n) is 4.61. The van der Waals surface area contributed by atoms with Gasteiger partial charge >= 0.3 is 0 Å². The molecule has 0 unspecified atom stereocenters. The van der Waals surface area contributed by atoms with E-state index in [0.717, 1.165) is 28.6 Å². The Morgan fingerprint density at radius 1 is 1.32 bits per heavy atom. The number of pyridine rings is 1. The average Bonchev–Trinajstić information content (AvgIpc) is 3.05. The van der Waals surface area contributed by atoms with Gasteiger partial charge in [0, 0.05) is 37.3 Å². The lowest BCUT2D eigenvalue weighted by Crippen LogP contribution is -2.38. The molecule has 0 saturated carbocycles. The molecule has 0 radical (unpaired) electrons. The van der Waals surface area contributed by atoms with Gasteiger partial charge in [0.1, 0.15) is 5.69 Å². The van der Waals surface area contributed by atoms with E-state index < -0.39 is 11.5 Å². The highest BCUT2D eigenvalue weighted by molar-refractivity contribution is 6.00. The van der Waals surface area contributed by atoms with Gasteiger partial charge in [-0.15, -0.1) is 0 Å². The Balaban J connectivity index is 2.04. The first-order valence-electron chi connectivity index (χ1n) is 9.33. The van der Waals surface area contributed by atoms with E-state index in [1.807, 2.05) is 25.4 Å². The van der Waals surface area contributed by atoms with Crippen LogP contribution in [0.1, 0.15) is 36.8 Å². The second kappa shape index (κ2) is 7.69. The maximum Gasteiger partial charge on any atom is 0.267 e. The molecule has 3 aromatic rings. The summed E-state index contributed by atoms with van der Waals surface area (Å²) in [6.45, 7) is 7.74. The van der Waals surface area contributed by atoms with Gasteiger partial charge in [0.05, 0.1) is 17.3 Å². The highest BCUT2D eigenvalue weighted by atomic mass is 16.3. The minimum atomic E-state index is -0.766. The summed E-state index contributed by atoms with van der Waals surface area (Å²) in [6, 6.07) is 7.77. The number of fused-ring (bicyclic) bond motifs is 1. The quantitative estimate of drug-likeness (QED) is 0.655. The fourth-order valence-electron chi connectivity index (χ4n) is 3.38. The largest absolute Gasteiger partial charge is 0.389 e. The Kier molecular flexibility index (Phi) is 5.49. The molecule has 0 saturated heterocycles. The van der Waals surface area contributed by atoms with E-state index >= 15 is 0 Å². The monoisotopic (exact) mass is 381 g/mol. The molecule has 0 spiro atoms. The van der Waals surface area contributed by atoms with Gasteiger partial charge in [-0.2, -0.15) is 5.10 Å². The van der Waals surface area contributed by atoms with Crippen molar-refractivity contribution in [3.63, 3.8) is 0 Å². The number of nitrogens with two attached hydrogens (primary N) is 1. The van der Waals surface area contributed by atoms with Gasteiger partial charge in [-0.3, -0.25) is 14.4 Å². The molecule has 28 heavy (non-hydrogen) atoms. The van der Waals surface area contributed by atoms with Gasteiger partial charge in [0.2, 0.25) is 0 Å². The Morgan fingerprint density at radius 3 is 2.64 bits per heavy atom. The van der Waals surface area contributed by atoms with Crippen LogP contribution in [-0.4, -0.2) is 49.4 Å². The molecule has 0 atom stereocenters. The number of nitrogens with zero attached hydrogens (tertiary/aromatic N) is 4. The highest BCUT2D eigenvalue weighted by Crippen LogP contribution is 2.29. The van der Waals surface area contributed by atoms with Crippen molar-refractivity contribution in [2.75, 3.05) is 13.1 Å². The molecule has 0 aliphatic rings. The number of aliphatic hydroxyl groups is 1. The zero-order valence-electron chi connectivity index (χ0n) is 16.8. The van der Waals surface area contributed by atoms with Crippen LogP contribution in [0.25, 0.3) is 22.0 Å². The number of primary amides is 1. The number of aromatic nitrogens is 3. The summed E-state index contributed by atoms with van der Waals surface area (Å²) in [5.74, 6) is -0.561. The van der Waals surface area contributed by atoms with Crippen molar-refractivity contribution in [2.24, 2.45) is 12.8 Å². The summed E-state index contributed by atoms with van der Waals surface area (Å²) >= 11 is 0. The molecule has 3 N–H and O–H groups in total. The standard InChI is InChI=1S/C21H27N5O2/c1-5-26(13-21(2,3)28)11-14-6-7-16-17(15-10-23-25(4)12-15)9-19(20(22)27)24-18(16)8-14/h6-10,12,28H,5,11,13H2,1-4H3,(H2,22,27). The first-order valence-corrected chi connectivity index (χ1v) is 9.33. The first-order chi connectivity index (χ1) is 13.2. The minimum absolute atomic E-state index is 0.229. The molecule has 0 bridgehead atoms. The smallest absolute Gasteiger partial charge is 0.267 e. The number of aryl methyl sites for hydroxylation is 1. The third-order valence-corrected chi connectivity index (χ3v) is 4.61. The molecule has 2 heterocycles. The summed E-state index contributed by atoms with van der Waals surface area (Å²) in [5, 5.41) is 15.3. The zero-order chi connectivity index (χ0) is 20.5. The number of benzene rings is 1. The van der Waals surface area contributed by atoms with Crippen molar-refractivity contribution in [3.8, 4) is 11.1 Å². The highest BCUT2D eigenvalue weighted by Gasteiger charge is 2.18. The minimum Gasteiger partial charge on any atom is -0.389 e. The molecule has 148 valence electrons. The average molecular weight is 381 g/mol. The predicted molar refractivity (Wildman–Crippen MR) is 110 cm³/mol. The lowest BCUT2D eigenvalue weighted by Gasteiger charge is -2.28. The number of likely N-dealkylation sites (N-methyl/N-ethyl adjacent to an activating group) is 1. The second-order valence-corrected chi connectivity index (χ2v) is 7.79. The molecule has 7 heteroatoms. The molecule has 0 aliphatic heterocycles. The van der Waals surface area contributed by atoms with Crippen LogP contribution in [0.4, 0.5) is 0 Å². The van der Waals surface area contributed by atoms with Crippen molar-refractivity contribution in [1.82, 2.24) is 19.7 Å². The summed E-state index contributed by atoms with van der Waals surface area (Å²) in [6.07, 6.45) is 3.66. The summed E-state index contributed by atoms with van der Waals surface area (Å²) in [7, 11) is 1.85. The van der Waals surface area contributed by atoms with Gasteiger partial charge in [-0.25, -0.2) is 4.98 Å². The molecule has 2 aromatic heterocycles. The number of rotatable bonds is 7. The van der Waals surface area contributed by atoms with Crippen molar-refractivity contribution in [3.05, 3.63) is 47.9 Å². The Labute approximate surface area is 164 Å². The molecule has 0 fully saturated rings. The predicted octanol–water partition coefficient (Wildman–Crippen LogP) is 2.33. The van der Waals surface area contributed by atoms with Crippen LogP contribution >= 0.6 is 0 Å². The summed E-state index contributed by atoms with van der Waals surface area (Å²) < 4.78 is 1.72. The number of amides is 1. The SMILES string of the molecule is CCN(Cc1ccc2c(-c3cnn(C)c3)cc(C(N)=O)nc2c1)CC(C)(C)O. The normalized spacial score (nSPS) is 12.1. The molecule has 0 aliphatic carbocycles. The van der Waals surface area contributed by atoms with Gasteiger partial charge in [0.15, 0.2) is 0 Å². The Morgan fingerprint density at radius 2 is 2.07 bits per heavy atom.